The first-order valence-electron chi connectivity index (χ1n) is 7.76. The van der Waals surface area contributed by atoms with E-state index < -0.39 is 0 Å². The normalized spacial score (nSPS) is 21.4. The Hall–Kier alpha value is -1.89. The summed E-state index contributed by atoms with van der Waals surface area (Å²) in [7, 11) is 1.53. The van der Waals surface area contributed by atoms with Gasteiger partial charge in [-0.1, -0.05) is 0 Å². The number of rotatable bonds is 5. The highest BCUT2D eigenvalue weighted by Crippen LogP contribution is 2.22. The van der Waals surface area contributed by atoms with Crippen molar-refractivity contribution in [2.24, 2.45) is 0 Å². The third-order valence-electron chi connectivity index (χ3n) is 4.11. The summed E-state index contributed by atoms with van der Waals surface area (Å²) in [4.78, 5) is 24.3. The summed E-state index contributed by atoms with van der Waals surface area (Å²) in [5.74, 6) is 1.52. The maximum Gasteiger partial charge on any atom is 0.248 e. The summed E-state index contributed by atoms with van der Waals surface area (Å²) in [5, 5.41) is 0. The van der Waals surface area contributed by atoms with E-state index in [0.29, 0.717) is 19.0 Å². The van der Waals surface area contributed by atoms with Gasteiger partial charge in [0.25, 0.3) is 0 Å². The van der Waals surface area contributed by atoms with Crippen molar-refractivity contribution in [2.45, 2.75) is 25.4 Å². The average Bonchev–Trinajstić information content (AvgIpc) is 3.19. The van der Waals surface area contributed by atoms with Crippen molar-refractivity contribution in [1.29, 1.82) is 0 Å². The number of carbonyl (C=O) groups is 1. The second kappa shape index (κ2) is 6.91. The highest BCUT2D eigenvalue weighted by molar-refractivity contribution is 5.77. The van der Waals surface area contributed by atoms with Crippen LogP contribution in [0, 0.1) is 0 Å². The lowest BCUT2D eigenvalue weighted by Gasteiger charge is -2.18. The highest BCUT2D eigenvalue weighted by atomic mass is 16.5. The van der Waals surface area contributed by atoms with Gasteiger partial charge in [-0.2, -0.15) is 0 Å². The van der Waals surface area contributed by atoms with E-state index in [1.165, 1.54) is 20.0 Å². The number of nitrogens with zero attached hydrogens (tertiary/aromatic N) is 4. The van der Waals surface area contributed by atoms with Crippen LogP contribution in [0.25, 0.3) is 0 Å². The molecule has 7 heteroatoms. The van der Waals surface area contributed by atoms with Gasteiger partial charge in [-0.25, -0.2) is 9.97 Å². The van der Waals surface area contributed by atoms with Gasteiger partial charge in [0.2, 0.25) is 11.8 Å². The highest BCUT2D eigenvalue weighted by Gasteiger charge is 2.28. The predicted octanol–water partition coefficient (Wildman–Crippen LogP) is 0.703. The molecule has 120 valence electrons. The Kier molecular flexibility index (Phi) is 4.72. The van der Waals surface area contributed by atoms with Crippen molar-refractivity contribution in [3.63, 3.8) is 0 Å². The van der Waals surface area contributed by atoms with Gasteiger partial charge in [-0.15, -0.1) is 0 Å². The summed E-state index contributed by atoms with van der Waals surface area (Å²) in [6.45, 7) is 3.50. The van der Waals surface area contributed by atoms with Crippen molar-refractivity contribution in [3.05, 3.63) is 12.4 Å². The van der Waals surface area contributed by atoms with E-state index >= 15 is 0 Å². The zero-order chi connectivity index (χ0) is 15.4. The summed E-state index contributed by atoms with van der Waals surface area (Å²) in [6.07, 6.45) is 4.77. The van der Waals surface area contributed by atoms with E-state index in [0.717, 1.165) is 25.3 Å². The molecule has 0 N–H and O–H groups in total. The van der Waals surface area contributed by atoms with Gasteiger partial charge in [0.15, 0.2) is 0 Å². The minimum Gasteiger partial charge on any atom is -0.472 e. The van der Waals surface area contributed by atoms with E-state index in [2.05, 4.69) is 14.9 Å². The predicted molar refractivity (Wildman–Crippen MR) is 81.0 cm³/mol. The molecule has 3 heterocycles. The van der Waals surface area contributed by atoms with Gasteiger partial charge in [0, 0.05) is 39.2 Å². The molecule has 3 rings (SSSR count). The third-order valence-corrected chi connectivity index (χ3v) is 4.11. The molecule has 2 fully saturated rings. The molecule has 1 aromatic heterocycles. The van der Waals surface area contributed by atoms with E-state index in [1.807, 2.05) is 6.07 Å². The van der Waals surface area contributed by atoms with Crippen molar-refractivity contribution in [3.8, 4) is 5.88 Å². The second-order valence-electron chi connectivity index (χ2n) is 5.71. The van der Waals surface area contributed by atoms with Gasteiger partial charge in [-0.3, -0.25) is 4.79 Å². The quantitative estimate of drug-likeness (QED) is 0.798. The molecule has 0 spiro atoms. The Morgan fingerprint density at radius 3 is 2.91 bits per heavy atom. The molecule has 0 aromatic carbocycles. The molecule has 0 radical (unpaired) electrons. The fourth-order valence-electron chi connectivity index (χ4n) is 2.95. The van der Waals surface area contributed by atoms with E-state index in [4.69, 9.17) is 9.47 Å². The lowest BCUT2D eigenvalue weighted by atomic mass is 10.3. The van der Waals surface area contributed by atoms with E-state index in [-0.39, 0.29) is 18.6 Å². The van der Waals surface area contributed by atoms with Crippen LogP contribution >= 0.6 is 0 Å². The molecule has 7 nitrogen and oxygen atoms in total. The Labute approximate surface area is 130 Å². The molecule has 0 bridgehead atoms. The van der Waals surface area contributed by atoms with E-state index in [1.54, 1.807) is 11.2 Å². The van der Waals surface area contributed by atoms with Crippen LogP contribution < -0.4 is 9.64 Å². The molecular formula is C15H22N4O3. The average molecular weight is 306 g/mol. The van der Waals surface area contributed by atoms with Crippen molar-refractivity contribution < 1.29 is 14.3 Å². The Morgan fingerprint density at radius 2 is 2.14 bits per heavy atom. The fourth-order valence-corrected chi connectivity index (χ4v) is 2.95. The summed E-state index contributed by atoms with van der Waals surface area (Å²) in [6, 6.07) is 1.89. The van der Waals surface area contributed by atoms with Gasteiger partial charge in [0.1, 0.15) is 24.9 Å². The topological polar surface area (TPSA) is 67.8 Å². The Bertz CT molecular complexity index is 519. The summed E-state index contributed by atoms with van der Waals surface area (Å²) < 4.78 is 10.8. The smallest absolute Gasteiger partial charge is 0.248 e. The van der Waals surface area contributed by atoms with Gasteiger partial charge in [-0.05, 0) is 12.8 Å². The zero-order valence-corrected chi connectivity index (χ0v) is 12.9. The van der Waals surface area contributed by atoms with Crippen LogP contribution in [0.1, 0.15) is 19.3 Å². The fraction of sp³-hybridized carbons (Fsp3) is 0.667. The molecule has 22 heavy (non-hydrogen) atoms. The zero-order valence-electron chi connectivity index (χ0n) is 12.9. The maximum absolute atomic E-state index is 11.8. The van der Waals surface area contributed by atoms with Crippen LogP contribution in [-0.4, -0.2) is 66.8 Å². The largest absolute Gasteiger partial charge is 0.472 e. The number of hydrogen-bond donors (Lipinski definition) is 0. The summed E-state index contributed by atoms with van der Waals surface area (Å²) >= 11 is 0. The van der Waals surface area contributed by atoms with Crippen molar-refractivity contribution in [1.82, 2.24) is 14.9 Å². The van der Waals surface area contributed by atoms with Crippen molar-refractivity contribution in [2.75, 3.05) is 44.8 Å². The minimum absolute atomic E-state index is 0.00837. The molecule has 2 aliphatic heterocycles. The molecule has 0 aliphatic carbocycles. The second-order valence-corrected chi connectivity index (χ2v) is 5.71. The number of likely N-dealkylation sites (tertiary alicyclic amines) is 1. The molecule has 1 amide bonds. The SMILES string of the molecule is COCC(=O)N1CC[C@H](Oc2cc(N3CCCC3)ncn2)C1. The van der Waals surface area contributed by atoms with Crippen LogP contribution in [0.3, 0.4) is 0 Å². The molecule has 2 saturated heterocycles. The molecule has 0 saturated carbocycles. The number of hydrogen-bond acceptors (Lipinski definition) is 6. The van der Waals surface area contributed by atoms with E-state index in [9.17, 15) is 4.79 Å². The number of aromatic nitrogens is 2. The monoisotopic (exact) mass is 306 g/mol. The van der Waals surface area contributed by atoms with Crippen molar-refractivity contribution >= 4 is 11.7 Å². The first-order valence-corrected chi connectivity index (χ1v) is 7.76. The molecule has 0 unspecified atom stereocenters. The van der Waals surface area contributed by atoms with Gasteiger partial charge >= 0.3 is 0 Å². The first kappa shape index (κ1) is 15.0. The number of methoxy groups -OCH3 is 1. The van der Waals surface area contributed by atoms with Gasteiger partial charge in [0.05, 0.1) is 6.54 Å². The molecule has 2 aliphatic rings. The third kappa shape index (κ3) is 3.47. The van der Waals surface area contributed by atoms with Crippen LogP contribution in [0.15, 0.2) is 12.4 Å². The van der Waals surface area contributed by atoms with Crippen LogP contribution in [-0.2, 0) is 9.53 Å². The number of amides is 1. The standard InChI is InChI=1S/C15H22N4O3/c1-21-10-15(20)19-7-4-12(9-19)22-14-8-13(16-11-17-14)18-5-2-3-6-18/h8,11-12H,2-7,9-10H2,1H3/t12-/m0/s1. The minimum atomic E-state index is -0.0119. The van der Waals surface area contributed by atoms with Gasteiger partial charge < -0.3 is 19.3 Å². The lowest BCUT2D eigenvalue weighted by Crippen LogP contribution is -2.33. The summed E-state index contributed by atoms with van der Waals surface area (Å²) in [5.41, 5.74) is 0. The van der Waals surface area contributed by atoms with Crippen LogP contribution in [0.2, 0.25) is 0 Å². The molecule has 1 aromatic rings. The number of carbonyl (C=O) groups excluding carboxylic acids is 1. The maximum atomic E-state index is 11.8. The molecule has 1 atom stereocenters. The lowest BCUT2D eigenvalue weighted by molar-refractivity contribution is -0.134. The number of ether oxygens (including phenoxy) is 2. The Morgan fingerprint density at radius 1 is 1.32 bits per heavy atom. The first-order chi connectivity index (χ1) is 10.8. The molecular weight excluding hydrogens is 284 g/mol. The Balaban J connectivity index is 1.57. The van der Waals surface area contributed by atoms with Crippen LogP contribution in [0.4, 0.5) is 5.82 Å². The number of anilines is 1. The van der Waals surface area contributed by atoms with Crippen LogP contribution in [0.5, 0.6) is 5.88 Å².